The number of fused-ring (bicyclic) bond motifs is 1. The predicted octanol–water partition coefficient (Wildman–Crippen LogP) is 3.84. The van der Waals surface area contributed by atoms with Crippen molar-refractivity contribution in [2.24, 2.45) is 0 Å². The van der Waals surface area contributed by atoms with Crippen LogP contribution in [-0.4, -0.2) is 23.4 Å². The number of hydrogen-bond acceptors (Lipinski definition) is 5. The lowest BCUT2D eigenvalue weighted by Gasteiger charge is -2.05. The molecule has 3 aromatic rings. The van der Waals surface area contributed by atoms with Crippen LogP contribution in [0.1, 0.15) is 46.3 Å². The molecule has 1 atom stereocenters. The topological polar surface area (TPSA) is 61.3 Å². The van der Waals surface area contributed by atoms with Gasteiger partial charge in [-0.25, -0.2) is 0 Å². The smallest absolute Gasteiger partial charge is 0.231 e. The van der Waals surface area contributed by atoms with Gasteiger partial charge in [-0.05, 0) is 43.9 Å². The molecule has 0 spiro atoms. The second-order valence-corrected chi connectivity index (χ2v) is 6.38. The molecule has 1 aliphatic heterocycles. The zero-order valence-corrected chi connectivity index (χ0v) is 13.7. The maximum Gasteiger partial charge on any atom is 0.231 e. The summed E-state index contributed by atoms with van der Waals surface area (Å²) in [5.74, 6) is 1.65. The van der Waals surface area contributed by atoms with Gasteiger partial charge in [-0.15, -0.1) is 0 Å². The summed E-state index contributed by atoms with van der Waals surface area (Å²) in [6.07, 6.45) is 3.37. The number of aromatic nitrogens is 2. The molecule has 2 aromatic heterocycles. The Kier molecular flexibility index (Phi) is 3.45. The fourth-order valence-electron chi connectivity index (χ4n) is 3.32. The van der Waals surface area contributed by atoms with Gasteiger partial charge in [0.15, 0.2) is 5.82 Å². The highest BCUT2D eigenvalue weighted by Gasteiger charge is 2.23. The van der Waals surface area contributed by atoms with Gasteiger partial charge in [-0.1, -0.05) is 11.2 Å². The van der Waals surface area contributed by atoms with Crippen LogP contribution in [0.3, 0.4) is 0 Å². The van der Waals surface area contributed by atoms with Crippen LogP contribution >= 0.6 is 0 Å². The lowest BCUT2D eigenvalue weighted by molar-refractivity contribution is 0.192. The van der Waals surface area contributed by atoms with Gasteiger partial charge in [0.25, 0.3) is 0 Å². The Morgan fingerprint density at radius 1 is 1.22 bits per heavy atom. The molecule has 120 valence electrons. The van der Waals surface area contributed by atoms with Crippen molar-refractivity contribution in [2.75, 3.05) is 13.2 Å². The van der Waals surface area contributed by atoms with Crippen LogP contribution in [0.2, 0.25) is 0 Å². The molecule has 0 amide bonds. The zero-order chi connectivity index (χ0) is 16.0. The second-order valence-electron chi connectivity index (χ2n) is 6.38. The van der Waals surface area contributed by atoms with Gasteiger partial charge in [0.1, 0.15) is 5.58 Å². The first kappa shape index (κ1) is 14.5. The average molecular weight is 312 g/mol. The van der Waals surface area contributed by atoms with Crippen LogP contribution in [0, 0.1) is 20.8 Å². The minimum absolute atomic E-state index is 0.264. The molecule has 0 aliphatic carbocycles. The van der Waals surface area contributed by atoms with Crippen LogP contribution in [0.25, 0.3) is 11.0 Å². The quantitative estimate of drug-likeness (QED) is 0.735. The van der Waals surface area contributed by atoms with Crippen molar-refractivity contribution in [1.82, 2.24) is 10.1 Å². The van der Waals surface area contributed by atoms with Gasteiger partial charge < -0.3 is 13.7 Å². The van der Waals surface area contributed by atoms with E-state index in [1.165, 1.54) is 16.7 Å². The predicted molar refractivity (Wildman–Crippen MR) is 85.7 cm³/mol. The van der Waals surface area contributed by atoms with E-state index in [4.69, 9.17) is 13.7 Å². The Labute approximate surface area is 134 Å². The van der Waals surface area contributed by atoms with Gasteiger partial charge in [-0.3, -0.25) is 0 Å². The van der Waals surface area contributed by atoms with Crippen molar-refractivity contribution >= 4 is 11.0 Å². The molecule has 5 heteroatoms. The molecular formula is C18H20N2O3. The van der Waals surface area contributed by atoms with E-state index >= 15 is 0 Å². The van der Waals surface area contributed by atoms with Crippen molar-refractivity contribution in [3.05, 3.63) is 46.3 Å². The molecule has 4 rings (SSSR count). The number of ether oxygens (including phenoxy) is 1. The van der Waals surface area contributed by atoms with E-state index in [1.54, 1.807) is 0 Å². The number of aryl methyl sites for hydroxylation is 3. The molecule has 1 unspecified atom stereocenters. The lowest BCUT2D eigenvalue weighted by atomic mass is 9.99. The summed E-state index contributed by atoms with van der Waals surface area (Å²) in [5.41, 5.74) is 5.71. The highest BCUT2D eigenvalue weighted by molar-refractivity contribution is 5.88. The van der Waals surface area contributed by atoms with Gasteiger partial charge >= 0.3 is 0 Å². The monoisotopic (exact) mass is 312 g/mol. The maximum absolute atomic E-state index is 5.81. The number of hydrogen-bond donors (Lipinski definition) is 0. The zero-order valence-electron chi connectivity index (χ0n) is 13.7. The highest BCUT2D eigenvalue weighted by Crippen LogP contribution is 2.31. The fraction of sp³-hybridized carbons (Fsp3) is 0.444. The first-order valence-corrected chi connectivity index (χ1v) is 8.00. The van der Waals surface area contributed by atoms with Crippen LogP contribution in [0.15, 0.2) is 21.3 Å². The maximum atomic E-state index is 5.81. The molecular weight excluding hydrogens is 292 g/mol. The normalized spacial score (nSPS) is 18.1. The van der Waals surface area contributed by atoms with Gasteiger partial charge in [0.2, 0.25) is 5.89 Å². The summed E-state index contributed by atoms with van der Waals surface area (Å²) < 4.78 is 16.6. The standard InChI is InChI=1S/C18H20N2O3/c1-10-6-11(2)16-14(9-22-17(16)12(10)3)7-15-19-18(20-23-15)13-4-5-21-8-13/h6,9,13H,4-5,7-8H2,1-3H3. The molecule has 3 heterocycles. The van der Waals surface area contributed by atoms with Crippen LogP contribution < -0.4 is 0 Å². The molecule has 1 saturated heterocycles. The first-order valence-electron chi connectivity index (χ1n) is 8.00. The molecule has 0 radical (unpaired) electrons. The minimum Gasteiger partial charge on any atom is -0.464 e. The Bertz CT molecular complexity index is 857. The van der Waals surface area contributed by atoms with Crippen molar-refractivity contribution in [3.63, 3.8) is 0 Å². The summed E-state index contributed by atoms with van der Waals surface area (Å²) in [5, 5.41) is 5.28. The molecule has 23 heavy (non-hydrogen) atoms. The fourth-order valence-corrected chi connectivity index (χ4v) is 3.32. The van der Waals surface area contributed by atoms with Crippen molar-refractivity contribution in [1.29, 1.82) is 0 Å². The van der Waals surface area contributed by atoms with Crippen molar-refractivity contribution < 1.29 is 13.7 Å². The first-order chi connectivity index (χ1) is 11.1. The number of nitrogens with zero attached hydrogens (tertiary/aromatic N) is 2. The van der Waals surface area contributed by atoms with Crippen molar-refractivity contribution in [3.8, 4) is 0 Å². The minimum atomic E-state index is 0.264. The van der Waals surface area contributed by atoms with Gasteiger partial charge in [0.05, 0.1) is 19.3 Å². The summed E-state index contributed by atoms with van der Waals surface area (Å²) in [6.45, 7) is 7.78. The summed E-state index contributed by atoms with van der Waals surface area (Å²) in [4.78, 5) is 4.54. The van der Waals surface area contributed by atoms with Gasteiger partial charge in [-0.2, -0.15) is 4.98 Å². The molecule has 5 nitrogen and oxygen atoms in total. The Morgan fingerprint density at radius 2 is 2.09 bits per heavy atom. The largest absolute Gasteiger partial charge is 0.464 e. The van der Waals surface area contributed by atoms with E-state index in [1.807, 2.05) is 6.26 Å². The number of rotatable bonds is 3. The average Bonchev–Trinajstić information content (AvgIpc) is 3.25. The van der Waals surface area contributed by atoms with E-state index in [9.17, 15) is 0 Å². The van der Waals surface area contributed by atoms with Crippen LogP contribution in [0.4, 0.5) is 0 Å². The van der Waals surface area contributed by atoms with Crippen molar-refractivity contribution in [2.45, 2.75) is 39.5 Å². The van der Waals surface area contributed by atoms with E-state index in [2.05, 4.69) is 37.0 Å². The third kappa shape index (κ3) is 2.45. The number of furan rings is 1. The van der Waals surface area contributed by atoms with E-state index in [0.717, 1.165) is 35.4 Å². The Morgan fingerprint density at radius 3 is 2.87 bits per heavy atom. The van der Waals surface area contributed by atoms with Crippen LogP contribution in [-0.2, 0) is 11.2 Å². The molecule has 1 aromatic carbocycles. The molecule has 0 N–H and O–H groups in total. The lowest BCUT2D eigenvalue weighted by Crippen LogP contribution is -2.00. The highest BCUT2D eigenvalue weighted by atomic mass is 16.5. The summed E-state index contributed by atoms with van der Waals surface area (Å²) in [6, 6.07) is 2.20. The molecule has 0 bridgehead atoms. The SMILES string of the molecule is Cc1cc(C)c2c(Cc3nc(C4CCOC4)no3)coc2c1C. The third-order valence-corrected chi connectivity index (χ3v) is 4.75. The van der Waals surface area contributed by atoms with Gasteiger partial charge in [0, 0.05) is 23.5 Å². The van der Waals surface area contributed by atoms with Crippen LogP contribution in [0.5, 0.6) is 0 Å². The molecule has 1 aliphatic rings. The van der Waals surface area contributed by atoms with E-state index < -0.39 is 0 Å². The molecule has 0 saturated carbocycles. The Hall–Kier alpha value is -2.14. The number of benzene rings is 1. The second kappa shape index (κ2) is 5.49. The van der Waals surface area contributed by atoms with E-state index in [-0.39, 0.29) is 5.92 Å². The molecule has 1 fully saturated rings. The van der Waals surface area contributed by atoms with E-state index in [0.29, 0.717) is 18.9 Å². The third-order valence-electron chi connectivity index (χ3n) is 4.75. The Balaban J connectivity index is 1.67. The summed E-state index contributed by atoms with van der Waals surface area (Å²) >= 11 is 0. The summed E-state index contributed by atoms with van der Waals surface area (Å²) in [7, 11) is 0.